The lowest BCUT2D eigenvalue weighted by molar-refractivity contribution is 1.37. The standard InChI is InChI=1S/2C50H32N2S/c1-4-14-33(15-5-1)45-46(34-16-6-2-7-17-34)50(53-49(45)37-18-8-3-9-19-37)39-21-12-20-38(32-39)40-28-29-43(42-24-11-10-23-41(40)42)44-30-27-36-26-25-35-22-13-31-51-47(35)48(36)52-44;1-4-13-34(14-5-1)45-46(35-15-6-2-7-16-35)50(53-49(45)38-17-8-3-9-18-38)39-26-22-33(23-27-39)40-29-30-43(42-21-11-10-20-41(40)42)44-31-28-37-25-24-36-19-12-32-51-47(36)48(37)52-44/h2*1-32H/i1D,2D,3D,4D,5D,6D,7D,8D,9D,12D,13D,14D,15D,16D,17D,18D,19D,20D,21D,22D,25D,26D,27D,30D,31D,32D;1D,2D,3D,4D,5D,6D,7D,8D,9D,12D,13D,14D,15D,16D,17D,18D,19D,22D,23D,24D,25D,26D,27D,28D,31D,32D. The van der Waals surface area contributed by atoms with Crippen molar-refractivity contribution in [3.05, 3.63) is 387 Å². The maximum atomic E-state index is 10.1. The average Bonchev–Trinajstić information content (AvgIpc) is 1.54. The van der Waals surface area contributed by atoms with Crippen molar-refractivity contribution in [2.75, 3.05) is 0 Å². The lowest BCUT2D eigenvalue weighted by Crippen LogP contribution is -1.91. The first-order valence-electron chi connectivity index (χ1n) is 57.6. The summed E-state index contributed by atoms with van der Waals surface area (Å²) in [6.45, 7) is 0. The topological polar surface area (TPSA) is 51.6 Å². The third kappa shape index (κ3) is 11.8. The summed E-state index contributed by atoms with van der Waals surface area (Å²) in [5.41, 5.74) is -9.29. The Morgan fingerprint density at radius 2 is 0.509 bits per heavy atom. The number of benzene rings is 14. The second-order valence-corrected chi connectivity index (χ2v) is 24.7. The van der Waals surface area contributed by atoms with Crippen LogP contribution in [0.4, 0.5) is 0 Å². The molecular formula is C100H64N4S2. The molecule has 0 N–H and O–H groups in total. The second kappa shape index (κ2) is 27.8. The van der Waals surface area contributed by atoms with E-state index in [0.717, 1.165) is 0 Å². The molecule has 106 heavy (non-hydrogen) atoms. The normalized spacial score (nSPS) is 18.3. The Morgan fingerprint density at radius 3 is 0.906 bits per heavy atom. The molecule has 0 fully saturated rings. The first-order chi connectivity index (χ1) is 74.2. The molecule has 20 rings (SSSR count). The van der Waals surface area contributed by atoms with Gasteiger partial charge in [-0.2, -0.15) is 0 Å². The molecule has 0 amide bonds. The minimum absolute atomic E-state index is 0.0280. The Morgan fingerprint density at radius 1 is 0.217 bits per heavy atom. The van der Waals surface area contributed by atoms with Gasteiger partial charge in [-0.1, -0.05) is 345 Å². The fourth-order valence-corrected chi connectivity index (χ4v) is 14.7. The van der Waals surface area contributed by atoms with Crippen LogP contribution in [-0.4, -0.2) is 19.9 Å². The molecule has 0 aliphatic carbocycles. The number of hydrogen-bond donors (Lipinski definition) is 0. The van der Waals surface area contributed by atoms with Gasteiger partial charge in [-0.3, -0.25) is 9.97 Å². The highest BCUT2D eigenvalue weighted by Crippen LogP contribution is 2.55. The van der Waals surface area contributed by atoms with Gasteiger partial charge < -0.3 is 0 Å². The quantitative estimate of drug-likeness (QED) is 0.114. The summed E-state index contributed by atoms with van der Waals surface area (Å²) >= 11 is 0.838. The highest BCUT2D eigenvalue weighted by molar-refractivity contribution is 7.20. The van der Waals surface area contributed by atoms with E-state index in [-0.39, 0.29) is 110 Å². The first-order valence-corrected chi connectivity index (χ1v) is 33.2. The van der Waals surface area contributed by atoms with E-state index in [4.69, 9.17) is 50.7 Å². The summed E-state index contributed by atoms with van der Waals surface area (Å²) in [5.74, 6) is 0. The highest BCUT2D eigenvalue weighted by Gasteiger charge is 2.26. The predicted octanol–water partition coefficient (Wildman–Crippen LogP) is 28.0. The number of thiophene rings is 2. The van der Waals surface area contributed by atoms with Gasteiger partial charge in [0.15, 0.2) is 0 Å². The van der Waals surface area contributed by atoms with Crippen LogP contribution in [0.15, 0.2) is 387 Å². The van der Waals surface area contributed by atoms with Crippen molar-refractivity contribution in [2.24, 2.45) is 0 Å². The number of nitrogens with zero attached hydrogens (tertiary/aromatic N) is 4. The molecule has 0 atom stereocenters. The monoisotopic (exact) mass is 1440 g/mol. The van der Waals surface area contributed by atoms with Crippen molar-refractivity contribution in [1.29, 1.82) is 0 Å². The SMILES string of the molecule is [2H]c1nc2c(c([2H])c1[2H])c([2H])c([2H])c1c([2H])c([2H])c(-c3ccc(-c4c([2H])c([2H])c(-c5sc(-c6c([2H])c([2H])c([2H])c([2H])c6[2H])c(-c6c([2H])c([2H])c([2H])c([2H])c6[2H])c5-c5c([2H])c([2H])c([2H])c([2H])c5[2H])c([2H])c4[2H])c4ccccc34)nc12.[2H]c1nc2c(c([2H])c1[2H])c([2H])c([2H])c1c([2H])c([2H])c(-c3ccc(-c4c([2H])c([2H])c([2H])c(-c5sc(-c6c([2H])c([2H])c([2H])c([2H])c6[2H])c(-c6c([2H])c([2H])c([2H])c([2H])c6[2H])c5-c5c([2H])c([2H])c([2H])c([2H])c5[2H])c4[2H])c4ccccc34)nc12. The zero-order valence-corrected chi connectivity index (χ0v) is 55.2. The van der Waals surface area contributed by atoms with Gasteiger partial charge in [0.1, 0.15) is 0 Å². The molecular weight excluding hydrogens is 1320 g/mol. The Balaban J connectivity index is 0.000000196. The Kier molecular flexibility index (Phi) is 7.71. The molecule has 0 aliphatic rings. The largest absolute Gasteiger partial charge is 0.254 e. The van der Waals surface area contributed by atoms with Crippen LogP contribution in [0, 0.1) is 0 Å². The lowest BCUT2D eigenvalue weighted by Gasteiger charge is -2.14. The molecule has 0 spiro atoms. The van der Waals surface area contributed by atoms with Crippen molar-refractivity contribution < 1.29 is 71.3 Å². The van der Waals surface area contributed by atoms with E-state index in [1.54, 1.807) is 48.5 Å². The molecule has 0 saturated carbocycles. The maximum Gasteiger partial charge on any atom is 0.0972 e. The number of hydrogen-bond acceptors (Lipinski definition) is 6. The smallest absolute Gasteiger partial charge is 0.0972 e. The van der Waals surface area contributed by atoms with Gasteiger partial charge in [-0.05, 0) is 119 Å². The third-order valence-corrected chi connectivity index (χ3v) is 19.2. The van der Waals surface area contributed by atoms with Gasteiger partial charge in [0.25, 0.3) is 0 Å². The van der Waals surface area contributed by atoms with Crippen LogP contribution in [0.5, 0.6) is 0 Å². The van der Waals surface area contributed by atoms with Crippen LogP contribution >= 0.6 is 22.7 Å². The number of fused-ring (bicyclic) bond motifs is 8. The molecule has 20 aromatic rings. The number of rotatable bonds is 12. The van der Waals surface area contributed by atoms with Crippen LogP contribution in [0.3, 0.4) is 0 Å². The summed E-state index contributed by atoms with van der Waals surface area (Å²) in [4.78, 5) is 15.7. The third-order valence-electron chi connectivity index (χ3n) is 16.8. The molecule has 6 heteroatoms. The fraction of sp³-hybridized carbons (Fsp3) is 0. The summed E-state index contributed by atoms with van der Waals surface area (Å²) in [6, 6.07) is -21.8. The van der Waals surface area contributed by atoms with E-state index in [1.807, 2.05) is 0 Å². The Labute approximate surface area is 695 Å². The van der Waals surface area contributed by atoms with E-state index < -0.39 is 401 Å². The molecule has 4 nitrogen and oxygen atoms in total. The second-order valence-electron chi connectivity index (χ2n) is 22.7. The summed E-state index contributed by atoms with van der Waals surface area (Å²) in [5, 5.41) is -0.0918. The predicted molar refractivity (Wildman–Crippen MR) is 450 cm³/mol. The average molecular weight is 1440 g/mol. The van der Waals surface area contributed by atoms with Gasteiger partial charge in [0.05, 0.1) is 105 Å². The molecule has 0 bridgehead atoms. The van der Waals surface area contributed by atoms with Crippen LogP contribution < -0.4 is 0 Å². The Bertz CT molecular complexity index is 9770. The maximum absolute atomic E-state index is 10.1. The minimum atomic E-state index is -0.939. The Hall–Kier alpha value is -13.4. The molecule has 0 unspecified atom stereocenters. The van der Waals surface area contributed by atoms with Gasteiger partial charge in [0.2, 0.25) is 0 Å². The number of pyridine rings is 4. The van der Waals surface area contributed by atoms with Gasteiger partial charge in [0, 0.05) is 86.8 Å². The van der Waals surface area contributed by atoms with Gasteiger partial charge in [-0.25, -0.2) is 9.97 Å². The summed E-state index contributed by atoms with van der Waals surface area (Å²) in [6.07, 6.45) is -1.27. The van der Waals surface area contributed by atoms with E-state index in [2.05, 4.69) is 19.9 Å². The highest BCUT2D eigenvalue weighted by atomic mass is 32.1. The summed E-state index contributed by atoms with van der Waals surface area (Å²) < 4.78 is 462. The van der Waals surface area contributed by atoms with Crippen molar-refractivity contribution in [3.63, 3.8) is 0 Å². The van der Waals surface area contributed by atoms with E-state index in [0.29, 0.717) is 22.7 Å². The van der Waals surface area contributed by atoms with Gasteiger partial charge >= 0.3 is 0 Å². The molecule has 0 radical (unpaired) electrons. The van der Waals surface area contributed by atoms with Crippen molar-refractivity contribution in [2.45, 2.75) is 0 Å². The molecule has 496 valence electrons. The number of aromatic nitrogens is 4. The fourth-order valence-electron chi connectivity index (χ4n) is 12.2. The zero-order chi connectivity index (χ0) is 116. The summed E-state index contributed by atoms with van der Waals surface area (Å²) in [7, 11) is 0. The van der Waals surface area contributed by atoms with Crippen molar-refractivity contribution >= 4 is 87.8 Å². The lowest BCUT2D eigenvalue weighted by atomic mass is 9.90. The minimum Gasteiger partial charge on any atom is -0.254 e. The van der Waals surface area contributed by atoms with E-state index >= 15 is 0 Å². The van der Waals surface area contributed by atoms with E-state index in [9.17, 15) is 20.6 Å². The zero-order valence-electron chi connectivity index (χ0n) is 106. The van der Waals surface area contributed by atoms with Crippen LogP contribution in [0.2, 0.25) is 0 Å². The molecule has 14 aromatic carbocycles. The van der Waals surface area contributed by atoms with Gasteiger partial charge in [-0.15, -0.1) is 22.7 Å². The molecule has 0 aliphatic heterocycles. The van der Waals surface area contributed by atoms with Crippen molar-refractivity contribution in [1.82, 2.24) is 19.9 Å². The van der Waals surface area contributed by atoms with Crippen molar-refractivity contribution in [3.8, 4) is 131 Å². The van der Waals surface area contributed by atoms with Crippen LogP contribution in [-0.2, 0) is 0 Å². The molecule has 0 saturated heterocycles. The molecule has 6 aromatic heterocycles. The van der Waals surface area contributed by atoms with Crippen LogP contribution in [0.1, 0.15) is 71.3 Å². The first kappa shape index (κ1) is 29.4. The molecule has 6 heterocycles. The van der Waals surface area contributed by atoms with E-state index in [1.165, 1.54) is 24.3 Å². The van der Waals surface area contributed by atoms with Crippen LogP contribution in [0.25, 0.3) is 196 Å².